The summed E-state index contributed by atoms with van der Waals surface area (Å²) in [5, 5.41) is 2.82. The van der Waals surface area contributed by atoms with Crippen LogP contribution >= 0.6 is 0 Å². The van der Waals surface area contributed by atoms with Crippen molar-refractivity contribution < 1.29 is 23.5 Å². The molecule has 0 saturated carbocycles. The first-order valence-electron chi connectivity index (χ1n) is 12.2. The quantitative estimate of drug-likeness (QED) is 0.437. The zero-order valence-corrected chi connectivity index (χ0v) is 21.4. The number of esters is 1. The van der Waals surface area contributed by atoms with Gasteiger partial charge in [0.05, 0.1) is 11.1 Å². The number of ketones is 1. The fraction of sp³-hybridized carbons (Fsp3) is 0.267. The molecule has 0 spiro atoms. The van der Waals surface area contributed by atoms with Crippen LogP contribution in [0.3, 0.4) is 0 Å². The number of nitrogens with one attached hydrogen (secondary N) is 1. The highest BCUT2D eigenvalue weighted by Crippen LogP contribution is 2.40. The summed E-state index contributed by atoms with van der Waals surface area (Å²) in [6, 6.07) is 12.5. The molecule has 1 unspecified atom stereocenters. The summed E-state index contributed by atoms with van der Waals surface area (Å²) < 4.78 is 19.1. The van der Waals surface area contributed by atoms with Gasteiger partial charge in [0.1, 0.15) is 17.3 Å². The van der Waals surface area contributed by atoms with E-state index >= 15 is 0 Å². The van der Waals surface area contributed by atoms with Crippen molar-refractivity contribution >= 4 is 23.2 Å². The van der Waals surface area contributed by atoms with Crippen LogP contribution < -0.4 is 5.32 Å². The molecule has 1 aliphatic carbocycles. The number of amides is 1. The van der Waals surface area contributed by atoms with E-state index in [4.69, 9.17) is 4.74 Å². The van der Waals surface area contributed by atoms with E-state index in [2.05, 4.69) is 10.3 Å². The summed E-state index contributed by atoms with van der Waals surface area (Å²) in [6.45, 7) is 8.00. The van der Waals surface area contributed by atoms with Gasteiger partial charge >= 0.3 is 5.97 Å². The summed E-state index contributed by atoms with van der Waals surface area (Å²) in [6.07, 6.45) is 2.23. The Balaban J connectivity index is 1.55. The average molecular weight is 501 g/mol. The fourth-order valence-corrected chi connectivity index (χ4v) is 4.73. The van der Waals surface area contributed by atoms with Crippen LogP contribution in [0.1, 0.15) is 61.5 Å². The number of aromatic nitrogens is 1. The maximum absolute atomic E-state index is 13.6. The predicted octanol–water partition coefficient (Wildman–Crippen LogP) is 5.43. The predicted molar refractivity (Wildman–Crippen MR) is 138 cm³/mol. The van der Waals surface area contributed by atoms with Gasteiger partial charge < -0.3 is 10.1 Å². The normalized spacial score (nSPS) is 15.2. The smallest absolute Gasteiger partial charge is 0.343 e. The van der Waals surface area contributed by atoms with Crippen LogP contribution in [-0.4, -0.2) is 29.2 Å². The summed E-state index contributed by atoms with van der Waals surface area (Å²) >= 11 is 0. The van der Waals surface area contributed by atoms with Crippen molar-refractivity contribution in [3.05, 3.63) is 105 Å². The standard InChI is InChI=1S/C30H29FN2O4/c1-17-5-10-24(33-16-17)29(35)32-12-11-22-15-25(37-30(36)21-6-8-23(31)9-7-21)27(28(22)34)26-19(3)13-18(2)14-20(26)4/h5-10,13-14,16,22H,11-12,15H2,1-4H3,(H,32,35). The summed E-state index contributed by atoms with van der Waals surface area (Å²) in [4.78, 5) is 43.1. The number of nitrogens with zero attached hydrogens (tertiary/aromatic N) is 1. The van der Waals surface area contributed by atoms with E-state index in [1.165, 1.54) is 24.3 Å². The lowest BCUT2D eigenvalue weighted by atomic mass is 9.90. The molecule has 37 heavy (non-hydrogen) atoms. The number of allylic oxidation sites excluding steroid dienone is 2. The van der Waals surface area contributed by atoms with E-state index < -0.39 is 17.7 Å². The molecule has 0 fully saturated rings. The van der Waals surface area contributed by atoms with Gasteiger partial charge in [-0.25, -0.2) is 9.18 Å². The van der Waals surface area contributed by atoms with Crippen molar-refractivity contribution in [3.8, 4) is 0 Å². The number of pyridine rings is 1. The highest BCUT2D eigenvalue weighted by molar-refractivity contribution is 6.25. The lowest BCUT2D eigenvalue weighted by Gasteiger charge is -2.14. The molecule has 190 valence electrons. The molecular weight excluding hydrogens is 471 g/mol. The SMILES string of the molecule is Cc1ccc(C(=O)NCCC2CC(OC(=O)c3ccc(F)cc3)=C(c3c(C)cc(C)cc3C)C2=O)nc1. The number of hydrogen-bond donors (Lipinski definition) is 1. The number of carbonyl (C=O) groups is 3. The minimum absolute atomic E-state index is 0.125. The van der Waals surface area contributed by atoms with Gasteiger partial charge in [-0.2, -0.15) is 0 Å². The molecule has 1 heterocycles. The number of ether oxygens (including phenoxy) is 1. The van der Waals surface area contributed by atoms with Crippen molar-refractivity contribution in [2.45, 2.75) is 40.5 Å². The van der Waals surface area contributed by atoms with Crippen molar-refractivity contribution in [3.63, 3.8) is 0 Å². The lowest BCUT2D eigenvalue weighted by molar-refractivity contribution is -0.116. The van der Waals surface area contributed by atoms with Crippen LogP contribution in [0.25, 0.3) is 5.57 Å². The number of benzene rings is 2. The zero-order chi connectivity index (χ0) is 26.7. The number of halogens is 1. The summed E-state index contributed by atoms with van der Waals surface area (Å²) in [7, 11) is 0. The second-order valence-corrected chi connectivity index (χ2v) is 9.50. The van der Waals surface area contributed by atoms with Crippen molar-refractivity contribution in [1.29, 1.82) is 0 Å². The topological polar surface area (TPSA) is 85.4 Å². The Bertz CT molecular complexity index is 1370. The van der Waals surface area contributed by atoms with Crippen LogP contribution in [-0.2, 0) is 9.53 Å². The van der Waals surface area contributed by atoms with Crippen LogP contribution in [0.15, 0.2) is 60.5 Å². The summed E-state index contributed by atoms with van der Waals surface area (Å²) in [5.41, 5.74) is 5.50. The zero-order valence-electron chi connectivity index (χ0n) is 21.4. The van der Waals surface area contributed by atoms with Gasteiger partial charge in [-0.05, 0) is 86.7 Å². The maximum Gasteiger partial charge on any atom is 0.343 e. The van der Waals surface area contributed by atoms with Gasteiger partial charge in [-0.1, -0.05) is 23.8 Å². The third-order valence-electron chi connectivity index (χ3n) is 6.47. The molecule has 0 saturated heterocycles. The molecule has 2 aromatic carbocycles. The number of aryl methyl sites for hydroxylation is 4. The first-order chi connectivity index (χ1) is 17.6. The molecule has 3 aromatic rings. The summed E-state index contributed by atoms with van der Waals surface area (Å²) in [5.74, 6) is -1.71. The van der Waals surface area contributed by atoms with E-state index in [0.29, 0.717) is 23.4 Å². The van der Waals surface area contributed by atoms with Gasteiger partial charge in [0.15, 0.2) is 5.78 Å². The van der Waals surface area contributed by atoms with Crippen LogP contribution in [0.5, 0.6) is 0 Å². The van der Waals surface area contributed by atoms with E-state index in [1.807, 2.05) is 45.9 Å². The number of Topliss-reactive ketones (excluding diaryl/α,β-unsaturated/α-hetero) is 1. The van der Waals surface area contributed by atoms with E-state index in [1.54, 1.807) is 12.3 Å². The number of carbonyl (C=O) groups excluding carboxylic acids is 3. The van der Waals surface area contributed by atoms with Gasteiger partial charge in [0.25, 0.3) is 5.91 Å². The molecule has 0 aliphatic heterocycles. The molecule has 1 aliphatic rings. The molecular formula is C30H29FN2O4. The van der Waals surface area contributed by atoms with Crippen LogP contribution in [0.4, 0.5) is 4.39 Å². The molecule has 1 amide bonds. The highest BCUT2D eigenvalue weighted by Gasteiger charge is 2.37. The van der Waals surface area contributed by atoms with Crippen molar-refractivity contribution in [1.82, 2.24) is 10.3 Å². The third kappa shape index (κ3) is 5.82. The number of hydrogen-bond acceptors (Lipinski definition) is 5. The maximum atomic E-state index is 13.6. The van der Waals surface area contributed by atoms with E-state index in [9.17, 15) is 18.8 Å². The van der Waals surface area contributed by atoms with Crippen molar-refractivity contribution in [2.75, 3.05) is 6.54 Å². The lowest BCUT2D eigenvalue weighted by Crippen LogP contribution is -2.27. The second-order valence-electron chi connectivity index (χ2n) is 9.50. The molecule has 0 bridgehead atoms. The Hall–Kier alpha value is -4.13. The Labute approximate surface area is 215 Å². The second kappa shape index (κ2) is 10.9. The molecule has 7 heteroatoms. The van der Waals surface area contributed by atoms with Gasteiger partial charge in [0.2, 0.25) is 0 Å². The molecule has 0 radical (unpaired) electrons. The minimum Gasteiger partial charge on any atom is -0.427 e. The minimum atomic E-state index is -0.651. The molecule has 1 atom stereocenters. The molecule has 6 nitrogen and oxygen atoms in total. The Morgan fingerprint density at radius 3 is 2.30 bits per heavy atom. The van der Waals surface area contributed by atoms with Gasteiger partial charge in [0, 0.05) is 25.1 Å². The van der Waals surface area contributed by atoms with E-state index in [0.717, 1.165) is 27.8 Å². The fourth-order valence-electron chi connectivity index (χ4n) is 4.73. The molecule has 1 aromatic heterocycles. The highest BCUT2D eigenvalue weighted by atomic mass is 19.1. The monoisotopic (exact) mass is 500 g/mol. The van der Waals surface area contributed by atoms with Gasteiger partial charge in [-0.15, -0.1) is 0 Å². The van der Waals surface area contributed by atoms with Crippen LogP contribution in [0, 0.1) is 39.4 Å². The van der Waals surface area contributed by atoms with Crippen molar-refractivity contribution in [2.24, 2.45) is 5.92 Å². The van der Waals surface area contributed by atoms with Gasteiger partial charge in [-0.3, -0.25) is 14.6 Å². The Morgan fingerprint density at radius 1 is 1.00 bits per heavy atom. The Kier molecular flexibility index (Phi) is 7.62. The molecule has 1 N–H and O–H groups in total. The largest absolute Gasteiger partial charge is 0.427 e. The Morgan fingerprint density at radius 2 is 1.68 bits per heavy atom. The molecule has 4 rings (SSSR count). The van der Waals surface area contributed by atoms with E-state index in [-0.39, 0.29) is 30.2 Å². The number of rotatable bonds is 7. The third-order valence-corrected chi connectivity index (χ3v) is 6.47. The average Bonchev–Trinajstić information content (AvgIpc) is 3.14. The first-order valence-corrected chi connectivity index (χ1v) is 12.2. The van der Waals surface area contributed by atoms with Crippen LogP contribution in [0.2, 0.25) is 0 Å². The first kappa shape index (κ1) is 25.9.